The van der Waals surface area contributed by atoms with Gasteiger partial charge in [-0.2, -0.15) is 26.3 Å². The third-order valence-electron chi connectivity index (χ3n) is 5.30. The zero-order valence-corrected chi connectivity index (χ0v) is 19.2. The predicted octanol–water partition coefficient (Wildman–Crippen LogP) is 2.95. The SMILES string of the molecule is Fc1cnc(N2C[C@@H]3COC[C@]3(COCc3ccncc3)C2)nc1.O=C(O)C(F)(F)F.O=C(O)C(F)(F)F. The van der Waals surface area contributed by atoms with E-state index in [0.29, 0.717) is 31.7 Å². The van der Waals surface area contributed by atoms with Crippen LogP contribution in [-0.4, -0.2) is 82.4 Å². The summed E-state index contributed by atoms with van der Waals surface area (Å²) in [7, 11) is 0. The highest BCUT2D eigenvalue weighted by molar-refractivity contribution is 5.73. The maximum atomic E-state index is 13.0. The van der Waals surface area contributed by atoms with Gasteiger partial charge in [0.05, 0.1) is 38.8 Å². The largest absolute Gasteiger partial charge is 0.490 e. The van der Waals surface area contributed by atoms with Crippen LogP contribution in [0.25, 0.3) is 0 Å². The van der Waals surface area contributed by atoms with E-state index in [1.807, 2.05) is 12.1 Å². The Bertz CT molecular complexity index is 1030. The van der Waals surface area contributed by atoms with Crippen LogP contribution < -0.4 is 4.90 Å². The summed E-state index contributed by atoms with van der Waals surface area (Å²) in [4.78, 5) is 32.1. The first-order valence-electron chi connectivity index (χ1n) is 10.5. The van der Waals surface area contributed by atoms with Crippen molar-refractivity contribution in [1.29, 1.82) is 0 Å². The Morgan fingerprint density at radius 2 is 1.58 bits per heavy atom. The van der Waals surface area contributed by atoms with Crippen LogP contribution in [0.2, 0.25) is 0 Å². The summed E-state index contributed by atoms with van der Waals surface area (Å²) in [5.41, 5.74) is 1.05. The third-order valence-corrected chi connectivity index (χ3v) is 5.30. The lowest BCUT2D eigenvalue weighted by molar-refractivity contribution is -0.193. The van der Waals surface area contributed by atoms with Gasteiger partial charge < -0.3 is 24.6 Å². The molecule has 2 aliphatic heterocycles. The second-order valence-corrected chi connectivity index (χ2v) is 8.11. The van der Waals surface area contributed by atoms with Crippen LogP contribution in [0.15, 0.2) is 36.9 Å². The summed E-state index contributed by atoms with van der Waals surface area (Å²) in [6.07, 6.45) is -4.22. The molecule has 2 fully saturated rings. The average molecular weight is 558 g/mol. The highest BCUT2D eigenvalue weighted by atomic mass is 19.4. The van der Waals surface area contributed by atoms with E-state index in [9.17, 15) is 30.7 Å². The van der Waals surface area contributed by atoms with Gasteiger partial charge in [0.2, 0.25) is 5.95 Å². The fourth-order valence-electron chi connectivity index (χ4n) is 3.51. The molecule has 0 spiro atoms. The molecule has 0 unspecified atom stereocenters. The van der Waals surface area contributed by atoms with E-state index in [-0.39, 0.29) is 5.41 Å². The van der Waals surface area contributed by atoms with Crippen LogP contribution >= 0.6 is 0 Å². The third kappa shape index (κ3) is 9.05. The van der Waals surface area contributed by atoms with Gasteiger partial charge in [0.25, 0.3) is 0 Å². The van der Waals surface area contributed by atoms with E-state index in [4.69, 9.17) is 29.3 Å². The van der Waals surface area contributed by atoms with Crippen LogP contribution in [-0.2, 0) is 25.7 Å². The number of aromatic nitrogens is 3. The Morgan fingerprint density at radius 3 is 2.08 bits per heavy atom. The number of hydrogen-bond donors (Lipinski definition) is 2. The molecule has 2 aromatic heterocycles. The molecule has 2 atom stereocenters. The molecule has 2 saturated heterocycles. The van der Waals surface area contributed by atoms with Gasteiger partial charge in [0.1, 0.15) is 0 Å². The molecule has 0 radical (unpaired) electrons. The molecular weight excluding hydrogens is 537 g/mol. The number of carboxylic acids is 2. The summed E-state index contributed by atoms with van der Waals surface area (Å²) in [5.74, 6) is -4.99. The number of aliphatic carboxylic acids is 2. The number of anilines is 1. The second-order valence-electron chi connectivity index (χ2n) is 8.11. The van der Waals surface area contributed by atoms with Crippen molar-refractivity contribution in [3.63, 3.8) is 0 Å². The summed E-state index contributed by atoms with van der Waals surface area (Å²) in [6.45, 7) is 4.15. The maximum Gasteiger partial charge on any atom is 0.490 e. The van der Waals surface area contributed by atoms with Crippen LogP contribution in [0.3, 0.4) is 0 Å². The summed E-state index contributed by atoms with van der Waals surface area (Å²) >= 11 is 0. The zero-order chi connectivity index (χ0) is 28.6. The number of alkyl halides is 6. The maximum absolute atomic E-state index is 13.0. The Morgan fingerprint density at radius 1 is 1.05 bits per heavy atom. The molecule has 0 aromatic carbocycles. The minimum Gasteiger partial charge on any atom is -0.475 e. The monoisotopic (exact) mass is 558 g/mol. The lowest BCUT2D eigenvalue weighted by atomic mass is 9.82. The van der Waals surface area contributed by atoms with Crippen LogP contribution in [0.5, 0.6) is 0 Å². The van der Waals surface area contributed by atoms with E-state index < -0.39 is 30.1 Å². The van der Waals surface area contributed by atoms with E-state index in [0.717, 1.165) is 25.3 Å². The number of pyridine rings is 1. The van der Waals surface area contributed by atoms with Crippen LogP contribution in [0.1, 0.15) is 5.56 Å². The molecule has 4 rings (SSSR count). The summed E-state index contributed by atoms with van der Waals surface area (Å²) < 4.78 is 88.2. The van der Waals surface area contributed by atoms with Crippen molar-refractivity contribution < 1.29 is 60.0 Å². The highest BCUT2D eigenvalue weighted by Crippen LogP contribution is 2.42. The first kappa shape index (κ1) is 30.6. The molecule has 10 nitrogen and oxygen atoms in total. The molecule has 2 aliphatic rings. The average Bonchev–Trinajstić information content (AvgIpc) is 3.37. The number of hydrogen-bond acceptors (Lipinski definition) is 8. The van der Waals surface area contributed by atoms with Crippen molar-refractivity contribution in [3.8, 4) is 0 Å². The minimum atomic E-state index is -5.08. The Hall–Kier alpha value is -3.60. The first-order chi connectivity index (χ1) is 17.6. The van der Waals surface area contributed by atoms with E-state index in [2.05, 4.69) is 19.9 Å². The number of carboxylic acid groups (broad SMARTS) is 2. The van der Waals surface area contributed by atoms with Gasteiger partial charge in [-0.15, -0.1) is 0 Å². The standard InChI is InChI=1S/C17H19FN4O2.2C2HF3O2/c18-15-5-20-16(21-6-15)22-7-14-9-24-12-17(14,10-22)11-23-8-13-1-3-19-4-2-13;2*3-2(4,5)1(6)7/h1-6,14H,7-12H2;2*(H,6,7)/t14-,17-;;/m1../s1. The fourth-order valence-corrected chi connectivity index (χ4v) is 3.51. The minimum absolute atomic E-state index is 0.0508. The molecule has 210 valence electrons. The normalized spacial score (nSPS) is 20.5. The molecule has 4 heterocycles. The molecule has 2 aromatic rings. The molecular formula is C21H21F7N4O6. The smallest absolute Gasteiger partial charge is 0.475 e. The topological polar surface area (TPSA) is 135 Å². The Balaban J connectivity index is 0.000000301. The van der Waals surface area contributed by atoms with Crippen molar-refractivity contribution in [3.05, 3.63) is 48.3 Å². The summed E-state index contributed by atoms with van der Waals surface area (Å²) in [5, 5.41) is 14.2. The van der Waals surface area contributed by atoms with E-state index in [1.54, 1.807) is 12.4 Å². The number of ether oxygens (including phenoxy) is 2. The predicted molar refractivity (Wildman–Crippen MR) is 112 cm³/mol. The molecule has 0 aliphatic carbocycles. The van der Waals surface area contributed by atoms with Crippen molar-refractivity contribution >= 4 is 17.9 Å². The number of rotatable bonds is 5. The van der Waals surface area contributed by atoms with Gasteiger partial charge in [0, 0.05) is 36.8 Å². The fraction of sp³-hybridized carbons (Fsp3) is 0.476. The van der Waals surface area contributed by atoms with Crippen LogP contribution in [0, 0.1) is 17.2 Å². The Kier molecular flexibility index (Phi) is 10.3. The van der Waals surface area contributed by atoms with E-state index >= 15 is 0 Å². The number of halogens is 7. The van der Waals surface area contributed by atoms with Crippen molar-refractivity contribution in [2.75, 3.05) is 37.8 Å². The van der Waals surface area contributed by atoms with Gasteiger partial charge in [-0.25, -0.2) is 23.9 Å². The van der Waals surface area contributed by atoms with Gasteiger partial charge in [-0.3, -0.25) is 4.98 Å². The lowest BCUT2D eigenvalue weighted by Gasteiger charge is -2.26. The molecule has 0 saturated carbocycles. The molecule has 17 heteroatoms. The lowest BCUT2D eigenvalue weighted by Crippen LogP contribution is -2.36. The highest BCUT2D eigenvalue weighted by Gasteiger charge is 2.51. The molecule has 0 bridgehead atoms. The van der Waals surface area contributed by atoms with Crippen LogP contribution in [0.4, 0.5) is 36.7 Å². The van der Waals surface area contributed by atoms with Crippen molar-refractivity contribution in [1.82, 2.24) is 15.0 Å². The Labute approximate surface area is 210 Å². The first-order valence-corrected chi connectivity index (χ1v) is 10.5. The quantitative estimate of drug-likeness (QED) is 0.528. The van der Waals surface area contributed by atoms with Crippen molar-refractivity contribution in [2.24, 2.45) is 11.3 Å². The zero-order valence-electron chi connectivity index (χ0n) is 19.2. The number of fused-ring (bicyclic) bond motifs is 1. The number of carbonyl (C=O) groups is 2. The molecule has 2 N–H and O–H groups in total. The number of nitrogens with zero attached hydrogens (tertiary/aromatic N) is 4. The van der Waals surface area contributed by atoms with Gasteiger partial charge in [0.15, 0.2) is 5.82 Å². The van der Waals surface area contributed by atoms with Gasteiger partial charge in [-0.05, 0) is 17.7 Å². The van der Waals surface area contributed by atoms with Crippen molar-refractivity contribution in [2.45, 2.75) is 19.0 Å². The van der Waals surface area contributed by atoms with E-state index in [1.165, 1.54) is 12.4 Å². The van der Waals surface area contributed by atoms with Gasteiger partial charge in [-0.1, -0.05) is 0 Å². The molecule has 0 amide bonds. The molecule has 38 heavy (non-hydrogen) atoms. The summed E-state index contributed by atoms with van der Waals surface area (Å²) in [6, 6.07) is 3.90. The second kappa shape index (κ2) is 12.8. The van der Waals surface area contributed by atoms with Gasteiger partial charge >= 0.3 is 24.3 Å².